The minimum absolute atomic E-state index is 0. The number of allylic oxidation sites excluding steroid dienone is 2. The Balaban J connectivity index is 0.00000484. The van der Waals surface area contributed by atoms with Gasteiger partial charge in [0, 0.05) is 0 Å². The molecule has 0 fully saturated rings. The van der Waals surface area contributed by atoms with Crippen LogP contribution in [0.3, 0.4) is 0 Å². The largest absolute Gasteiger partial charge is 1.00 e. The van der Waals surface area contributed by atoms with E-state index in [2.05, 4.69) is 10.2 Å². The van der Waals surface area contributed by atoms with Gasteiger partial charge in [-0.3, -0.25) is 14.7 Å². The molecule has 22 heteroatoms. The molecular weight excluding hydrogens is 680 g/mol. The first-order valence-corrected chi connectivity index (χ1v) is 13.6. The molecule has 1 aliphatic heterocycles. The van der Waals surface area contributed by atoms with E-state index in [1.807, 2.05) is 0 Å². The molecule has 0 atom stereocenters. The zero-order valence-corrected chi connectivity index (χ0v) is 33.5. The molecule has 0 spiro atoms. The van der Waals surface area contributed by atoms with Crippen molar-refractivity contribution in [2.24, 2.45) is 5.10 Å². The van der Waals surface area contributed by atoms with Crippen LogP contribution in [0.5, 0.6) is 0 Å². The molecule has 16 nitrogen and oxygen atoms in total. The molecule has 0 saturated carbocycles. The number of nitrogens with zero attached hydrogens (tertiary/aromatic N) is 3. The first-order valence-electron chi connectivity index (χ1n) is 10.8. The molecule has 212 valence electrons. The number of anilines is 1. The molecular formula is C23H12N4Na4O12S2. The number of aliphatic carboxylic acids is 1. The predicted octanol–water partition coefficient (Wildman–Crippen LogP) is -14.6. The summed E-state index contributed by atoms with van der Waals surface area (Å²) in [5, 5.41) is 29.7. The van der Waals surface area contributed by atoms with Crippen molar-refractivity contribution in [3.63, 3.8) is 0 Å². The summed E-state index contributed by atoms with van der Waals surface area (Å²) in [4.78, 5) is 47.8. The molecule has 45 heavy (non-hydrogen) atoms. The normalized spacial score (nSPS) is 13.7. The van der Waals surface area contributed by atoms with E-state index in [-0.39, 0.29) is 130 Å². The number of carboxylic acids is 2. The second-order valence-electron chi connectivity index (χ2n) is 8.02. The molecule has 0 radical (unpaired) electrons. The molecule has 0 bridgehead atoms. The van der Waals surface area contributed by atoms with E-state index in [0.29, 0.717) is 9.69 Å². The number of hydrogen-bond acceptors (Lipinski definition) is 13. The van der Waals surface area contributed by atoms with Crippen molar-refractivity contribution in [3.05, 3.63) is 87.9 Å². The molecule has 2 aromatic carbocycles. The topological polar surface area (TPSA) is 265 Å². The van der Waals surface area contributed by atoms with Gasteiger partial charge in [-0.25, -0.2) is 21.5 Å². The molecule has 0 saturated heterocycles. The number of rotatable bonds is 8. The summed E-state index contributed by atoms with van der Waals surface area (Å²) in [7, 11) is -9.58. The van der Waals surface area contributed by atoms with Gasteiger partial charge in [0.1, 0.15) is 25.9 Å². The van der Waals surface area contributed by atoms with Crippen molar-refractivity contribution in [1.29, 1.82) is 0 Å². The number of nitrogens with one attached hydrogen (secondary N) is 1. The van der Waals surface area contributed by atoms with Gasteiger partial charge in [-0.2, -0.15) is 10.1 Å². The zero-order chi connectivity index (χ0) is 30.3. The van der Waals surface area contributed by atoms with Crippen LogP contribution in [-0.2, 0) is 29.8 Å². The second-order valence-corrected chi connectivity index (χ2v) is 10.8. The van der Waals surface area contributed by atoms with Gasteiger partial charge in [-0.1, -0.05) is 6.08 Å². The maximum absolute atomic E-state index is 12.9. The van der Waals surface area contributed by atoms with Crippen LogP contribution in [0.25, 0.3) is 11.8 Å². The number of amides is 1. The summed E-state index contributed by atoms with van der Waals surface area (Å²) in [5.41, 5.74) is -3.76. The van der Waals surface area contributed by atoms with E-state index in [0.717, 1.165) is 66.8 Å². The molecule has 1 N–H and O–H groups in total. The second kappa shape index (κ2) is 17.3. The molecule has 1 amide bonds. The van der Waals surface area contributed by atoms with Crippen molar-refractivity contribution < 1.29 is 169 Å². The Hall–Kier alpha value is -1.17. The molecule has 0 unspecified atom stereocenters. The summed E-state index contributed by atoms with van der Waals surface area (Å²) in [6.45, 7) is 0. The number of aromatic amines is 1. The first kappa shape index (κ1) is 43.8. The van der Waals surface area contributed by atoms with Crippen molar-refractivity contribution in [1.82, 2.24) is 9.78 Å². The number of H-pyrrole nitrogens is 1. The summed E-state index contributed by atoms with van der Waals surface area (Å²) >= 11 is 0. The van der Waals surface area contributed by atoms with Gasteiger partial charge in [0.05, 0.1) is 49.9 Å². The number of hydrazone groups is 1. The Morgan fingerprint density at radius 3 is 1.64 bits per heavy atom. The maximum atomic E-state index is 12.9. The Morgan fingerprint density at radius 2 is 1.22 bits per heavy atom. The molecule has 3 aromatic rings. The van der Waals surface area contributed by atoms with Gasteiger partial charge in [-0.05, 0) is 60.7 Å². The Kier molecular flexibility index (Phi) is 16.8. The van der Waals surface area contributed by atoms with Crippen LogP contribution in [0, 0.1) is 0 Å². The van der Waals surface area contributed by atoms with Crippen LogP contribution in [0.15, 0.2) is 85.9 Å². The Bertz CT molecular complexity index is 1990. The quantitative estimate of drug-likeness (QED) is 0.131. The van der Waals surface area contributed by atoms with Crippen LogP contribution in [0.2, 0.25) is 0 Å². The third-order valence-corrected chi connectivity index (χ3v) is 7.18. The smallest absolute Gasteiger partial charge is 0.744 e. The maximum Gasteiger partial charge on any atom is 1.00 e. The average Bonchev–Trinajstić information content (AvgIpc) is 3.40. The fourth-order valence-corrected chi connectivity index (χ4v) is 4.53. The van der Waals surface area contributed by atoms with Crippen LogP contribution in [0.4, 0.5) is 5.69 Å². The van der Waals surface area contributed by atoms with Crippen LogP contribution in [0.1, 0.15) is 16.1 Å². The summed E-state index contributed by atoms with van der Waals surface area (Å²) < 4.78 is 67.4. The number of carbonyl (C=O) groups is 3. The van der Waals surface area contributed by atoms with Crippen molar-refractivity contribution in [2.75, 3.05) is 5.01 Å². The molecule has 4 rings (SSSR count). The molecule has 0 aliphatic carbocycles. The Morgan fingerprint density at radius 1 is 0.756 bits per heavy atom. The van der Waals surface area contributed by atoms with Crippen LogP contribution < -0.4 is 139 Å². The predicted molar refractivity (Wildman–Crippen MR) is 130 cm³/mol. The van der Waals surface area contributed by atoms with Gasteiger partial charge in [-0.15, -0.1) is 0 Å². The van der Waals surface area contributed by atoms with E-state index >= 15 is 0 Å². The first-order chi connectivity index (χ1) is 19.1. The average molecular weight is 692 g/mol. The third kappa shape index (κ3) is 9.92. The Labute approximate surface area is 342 Å². The summed E-state index contributed by atoms with van der Waals surface area (Å²) in [5.74, 6) is -4.72. The van der Waals surface area contributed by atoms with Gasteiger partial charge < -0.3 is 28.9 Å². The van der Waals surface area contributed by atoms with Gasteiger partial charge >= 0.3 is 118 Å². The van der Waals surface area contributed by atoms with Crippen molar-refractivity contribution in [2.45, 2.75) is 9.79 Å². The number of benzene rings is 2. The third-order valence-electron chi connectivity index (χ3n) is 5.48. The van der Waals surface area contributed by atoms with Crippen molar-refractivity contribution in [3.8, 4) is 5.69 Å². The zero-order valence-electron chi connectivity index (χ0n) is 23.9. The summed E-state index contributed by atoms with van der Waals surface area (Å²) in [6, 6.07) is 7.74. The van der Waals surface area contributed by atoms with Gasteiger partial charge in [0.2, 0.25) is 0 Å². The van der Waals surface area contributed by atoms with Crippen molar-refractivity contribution >= 4 is 55.6 Å². The van der Waals surface area contributed by atoms with Gasteiger partial charge in [0.25, 0.3) is 11.5 Å². The number of hydrogen-bond donors (Lipinski definition) is 1. The molecule has 1 aliphatic rings. The van der Waals surface area contributed by atoms with E-state index in [9.17, 15) is 55.3 Å². The number of carbonyl (C=O) groups excluding carboxylic acids is 3. The van der Waals surface area contributed by atoms with E-state index in [4.69, 9.17) is 0 Å². The van der Waals surface area contributed by atoms with E-state index in [1.165, 1.54) is 0 Å². The SMILES string of the molecule is O=C([O-])C1=NN(c2ccc(S(=O)(=O)[O-])cc2)C(=O)/C1=C/C=C/c1c(C(=O)[O-])[nH]n(-c2ccc(S(=O)(=O)[O-])cc2)c1=O.[Na+].[Na+].[Na+].[Na+]. The fourth-order valence-electron chi connectivity index (χ4n) is 3.59. The van der Waals surface area contributed by atoms with E-state index in [1.54, 1.807) is 0 Å². The minimum atomic E-state index is -4.79. The summed E-state index contributed by atoms with van der Waals surface area (Å²) in [6.07, 6.45) is 2.79. The van der Waals surface area contributed by atoms with E-state index < -0.39 is 76.0 Å². The fraction of sp³-hybridized carbons (Fsp3) is 0. The number of aromatic nitrogens is 2. The van der Waals surface area contributed by atoms with Crippen LogP contribution in [-0.4, -0.2) is 59.3 Å². The van der Waals surface area contributed by atoms with Gasteiger partial charge in [0.15, 0.2) is 0 Å². The monoisotopic (exact) mass is 692 g/mol. The molecule has 1 aromatic heterocycles. The number of carboxylic acid groups (broad SMARTS) is 2. The van der Waals surface area contributed by atoms with Crippen LogP contribution >= 0.6 is 0 Å². The number of aromatic carboxylic acids is 1. The standard InChI is InChI=1S/C23H16N4O12S2.4Na/c28-20-16(18(22(30)31)24-26(20)12-4-8-14(9-5-12)40(34,35)36)2-1-3-17-19(23(32)33)25-27(21(17)29)13-6-10-15(11-7-13)41(37,38)39;;;;/h1-11,24H,(H,30,31)(H,32,33)(H,34,35,36)(H,37,38,39);;;;/q;4*+1/p-4/b2-1+,17-3+;;;;. The molecule has 2 heterocycles. The minimum Gasteiger partial charge on any atom is -0.744 e.